The van der Waals surface area contributed by atoms with Gasteiger partial charge in [0.2, 0.25) is 11.8 Å². The lowest BCUT2D eigenvalue weighted by molar-refractivity contribution is -0.122. The molecule has 2 aromatic carbocycles. The van der Waals surface area contributed by atoms with Crippen LogP contribution >= 0.6 is 15.9 Å². The molecule has 42 heavy (non-hydrogen) atoms. The fourth-order valence-corrected chi connectivity index (χ4v) is 7.24. The van der Waals surface area contributed by atoms with E-state index in [1.807, 2.05) is 12.1 Å². The van der Waals surface area contributed by atoms with Gasteiger partial charge in [0.25, 0.3) is 0 Å². The Labute approximate surface area is 255 Å². The third kappa shape index (κ3) is 5.90. The number of phenolic OH excluding ortho intramolecular Hbond substituents is 1. The Morgan fingerprint density at radius 1 is 1.17 bits per heavy atom. The number of anilines is 1. The highest BCUT2D eigenvalue weighted by atomic mass is 79.9. The van der Waals surface area contributed by atoms with Crippen molar-refractivity contribution >= 4 is 59.2 Å². The first-order valence-corrected chi connectivity index (χ1v) is 15.4. The van der Waals surface area contributed by atoms with E-state index < -0.39 is 32.2 Å². The SMILES string of the molecule is CC/C(=C\c1cc(Br)ccc1O)CC[C@H]1OB(O)C[C@H]2C1=C(C(C)C)C[C@H]1C(=O)N(c3cccc(B(O)O)c3)C(=O)[C@H]12. The van der Waals surface area contributed by atoms with E-state index in [0.29, 0.717) is 24.9 Å². The van der Waals surface area contributed by atoms with Gasteiger partial charge in [0.05, 0.1) is 23.6 Å². The lowest BCUT2D eigenvalue weighted by Gasteiger charge is -2.44. The zero-order valence-corrected chi connectivity index (χ0v) is 25.6. The first kappa shape index (κ1) is 30.8. The van der Waals surface area contributed by atoms with Crippen molar-refractivity contribution in [3.8, 4) is 5.75 Å². The number of allylic oxidation sites excluding steroid dienone is 2. The van der Waals surface area contributed by atoms with Crippen molar-refractivity contribution in [3.05, 3.63) is 69.2 Å². The van der Waals surface area contributed by atoms with Crippen LogP contribution in [0, 0.1) is 23.7 Å². The van der Waals surface area contributed by atoms with Crippen molar-refractivity contribution in [3.63, 3.8) is 0 Å². The molecule has 0 unspecified atom stereocenters. The number of aromatic hydroxyl groups is 1. The van der Waals surface area contributed by atoms with Gasteiger partial charge < -0.3 is 24.8 Å². The van der Waals surface area contributed by atoms with Gasteiger partial charge in [-0.3, -0.25) is 14.5 Å². The molecule has 2 aliphatic heterocycles. The van der Waals surface area contributed by atoms with Crippen LogP contribution < -0.4 is 10.4 Å². The van der Waals surface area contributed by atoms with Crippen molar-refractivity contribution in [2.45, 2.75) is 58.9 Å². The summed E-state index contributed by atoms with van der Waals surface area (Å²) in [5.74, 6) is -1.83. The molecule has 4 atom stereocenters. The molecule has 2 fully saturated rings. The summed E-state index contributed by atoms with van der Waals surface area (Å²) in [7, 11) is -2.79. The van der Waals surface area contributed by atoms with Gasteiger partial charge >= 0.3 is 14.2 Å². The van der Waals surface area contributed by atoms with Crippen LogP contribution in [0.2, 0.25) is 6.32 Å². The molecular formula is C31H36B2BrNO7. The number of carbonyl (C=O) groups is 2. The van der Waals surface area contributed by atoms with Crippen molar-refractivity contribution in [2.24, 2.45) is 23.7 Å². The number of imide groups is 1. The molecule has 2 heterocycles. The second kappa shape index (κ2) is 12.5. The number of nitrogens with zero attached hydrogens (tertiary/aromatic N) is 1. The molecule has 2 saturated heterocycles. The summed E-state index contributed by atoms with van der Waals surface area (Å²) in [5.41, 5.74) is 4.48. The molecule has 0 saturated carbocycles. The maximum Gasteiger partial charge on any atom is 0.488 e. The smallest absolute Gasteiger partial charge is 0.488 e. The molecule has 1 aliphatic carbocycles. The van der Waals surface area contributed by atoms with Gasteiger partial charge in [0, 0.05) is 10.0 Å². The molecule has 2 aromatic rings. The van der Waals surface area contributed by atoms with Crippen molar-refractivity contribution in [1.29, 1.82) is 0 Å². The number of hydrogen-bond donors (Lipinski definition) is 4. The number of amides is 2. The molecule has 0 bridgehead atoms. The van der Waals surface area contributed by atoms with Gasteiger partial charge in [-0.2, -0.15) is 0 Å². The Bertz CT molecular complexity index is 1440. The zero-order chi connectivity index (χ0) is 30.3. The maximum atomic E-state index is 13.9. The van der Waals surface area contributed by atoms with Gasteiger partial charge in [-0.05, 0) is 85.2 Å². The van der Waals surface area contributed by atoms with Gasteiger partial charge in [0.1, 0.15) is 5.75 Å². The molecule has 220 valence electrons. The van der Waals surface area contributed by atoms with Crippen LogP contribution in [0.3, 0.4) is 0 Å². The molecule has 8 nitrogen and oxygen atoms in total. The summed E-state index contributed by atoms with van der Waals surface area (Å²) >= 11 is 3.46. The minimum absolute atomic E-state index is 0.120. The van der Waals surface area contributed by atoms with Gasteiger partial charge in [0.15, 0.2) is 0 Å². The van der Waals surface area contributed by atoms with Crippen LogP contribution in [-0.2, 0) is 14.2 Å². The number of rotatable bonds is 8. The molecular weight excluding hydrogens is 600 g/mol. The van der Waals surface area contributed by atoms with E-state index in [2.05, 4.69) is 36.7 Å². The maximum absolute atomic E-state index is 13.9. The monoisotopic (exact) mass is 635 g/mol. The molecule has 3 aliphatic rings. The molecule has 0 aromatic heterocycles. The fourth-order valence-electron chi connectivity index (χ4n) is 6.86. The quantitative estimate of drug-likeness (QED) is 0.196. The summed E-state index contributed by atoms with van der Waals surface area (Å²) in [4.78, 5) is 28.9. The highest BCUT2D eigenvalue weighted by Gasteiger charge is 2.57. The average Bonchev–Trinajstić information content (AvgIpc) is 3.21. The van der Waals surface area contributed by atoms with E-state index in [1.165, 1.54) is 17.0 Å². The van der Waals surface area contributed by atoms with Gasteiger partial charge in [-0.15, -0.1) is 0 Å². The first-order valence-electron chi connectivity index (χ1n) is 14.6. The topological polar surface area (TPSA) is 128 Å². The Hall–Kier alpha value is -2.69. The minimum Gasteiger partial charge on any atom is -0.507 e. The van der Waals surface area contributed by atoms with Crippen molar-refractivity contribution in [2.75, 3.05) is 4.90 Å². The van der Waals surface area contributed by atoms with E-state index in [9.17, 15) is 29.8 Å². The number of hydrogen-bond acceptors (Lipinski definition) is 7. The van der Waals surface area contributed by atoms with E-state index in [4.69, 9.17) is 4.65 Å². The molecule has 11 heteroatoms. The van der Waals surface area contributed by atoms with E-state index in [0.717, 1.165) is 33.2 Å². The standard InChI is InChI=1S/C31H36B2BrNO7/c1-4-18(12-19-13-21(34)9-10-26(19)36)8-11-27-28-23(17(2)3)15-24-29(25(28)16-32(39)42-27)31(38)35(30(24)37)22-7-5-6-20(14-22)33(40)41/h5-7,9-10,12-14,17,24-25,27,29,36,39-41H,4,8,11,15-16H2,1-3H3/b18-12+/t24-,25+,27-,29-/m1/s1. The molecule has 2 amide bonds. The predicted molar refractivity (Wildman–Crippen MR) is 167 cm³/mol. The number of halogens is 1. The summed E-state index contributed by atoms with van der Waals surface area (Å²) in [5, 5.41) is 40.5. The normalized spacial score (nSPS) is 24.4. The predicted octanol–water partition coefficient (Wildman–Crippen LogP) is 4.07. The Morgan fingerprint density at radius 2 is 1.93 bits per heavy atom. The van der Waals surface area contributed by atoms with Crippen molar-refractivity contribution in [1.82, 2.24) is 0 Å². The van der Waals surface area contributed by atoms with Crippen molar-refractivity contribution < 1.29 is 34.4 Å². The van der Waals surface area contributed by atoms with Crippen LogP contribution in [0.4, 0.5) is 5.69 Å². The molecule has 4 N–H and O–H groups in total. The summed E-state index contributed by atoms with van der Waals surface area (Å²) in [6, 6.07) is 11.5. The molecule has 5 rings (SSSR count). The van der Waals surface area contributed by atoms with E-state index >= 15 is 0 Å². The summed E-state index contributed by atoms with van der Waals surface area (Å²) in [6.07, 6.45) is 4.28. The molecule has 0 spiro atoms. The lowest BCUT2D eigenvalue weighted by atomic mass is 9.57. The average molecular weight is 636 g/mol. The number of benzene rings is 2. The summed E-state index contributed by atoms with van der Waals surface area (Å²) < 4.78 is 7.01. The van der Waals surface area contributed by atoms with E-state index in [-0.39, 0.29) is 41.2 Å². The van der Waals surface area contributed by atoms with Gasteiger partial charge in [-0.1, -0.05) is 66.1 Å². The number of carbonyl (C=O) groups excluding carboxylic acids is 2. The Balaban J connectivity index is 1.46. The van der Waals surface area contributed by atoms with E-state index in [1.54, 1.807) is 24.3 Å². The van der Waals surface area contributed by atoms with Crippen LogP contribution in [-0.4, -0.2) is 52.3 Å². The minimum atomic E-state index is -1.72. The largest absolute Gasteiger partial charge is 0.507 e. The van der Waals surface area contributed by atoms with Crippen LogP contribution in [0.1, 0.15) is 52.0 Å². The second-order valence-electron chi connectivity index (χ2n) is 11.8. The number of fused-ring (bicyclic) bond motifs is 3. The highest BCUT2D eigenvalue weighted by Crippen LogP contribution is 2.52. The Kier molecular flexibility index (Phi) is 9.16. The first-order chi connectivity index (χ1) is 20.0. The van der Waals surface area contributed by atoms with Crippen LogP contribution in [0.5, 0.6) is 5.75 Å². The molecule has 0 radical (unpaired) electrons. The van der Waals surface area contributed by atoms with Crippen LogP contribution in [0.25, 0.3) is 6.08 Å². The number of phenols is 1. The summed E-state index contributed by atoms with van der Waals surface area (Å²) in [6.45, 7) is 6.23. The second-order valence-corrected chi connectivity index (χ2v) is 12.7. The fraction of sp³-hybridized carbons (Fsp3) is 0.419. The van der Waals surface area contributed by atoms with Gasteiger partial charge in [-0.25, -0.2) is 0 Å². The Morgan fingerprint density at radius 3 is 2.62 bits per heavy atom. The zero-order valence-electron chi connectivity index (χ0n) is 24.0. The highest BCUT2D eigenvalue weighted by molar-refractivity contribution is 9.10. The third-order valence-corrected chi connectivity index (χ3v) is 9.39. The van der Waals surface area contributed by atoms with Crippen LogP contribution in [0.15, 0.2) is 63.7 Å². The third-order valence-electron chi connectivity index (χ3n) is 8.90. The lowest BCUT2D eigenvalue weighted by Crippen LogP contribution is -2.46.